The number of ether oxygens (including phenoxy) is 1. The predicted molar refractivity (Wildman–Crippen MR) is 103 cm³/mol. The number of aromatic nitrogens is 2. The lowest BCUT2D eigenvalue weighted by Crippen LogP contribution is -2.15. The first-order valence-electron chi connectivity index (χ1n) is 7.89. The summed E-state index contributed by atoms with van der Waals surface area (Å²) < 4.78 is 4.67. The maximum absolute atomic E-state index is 12.5. The van der Waals surface area contributed by atoms with Gasteiger partial charge in [-0.2, -0.15) is 0 Å². The van der Waals surface area contributed by atoms with Crippen LogP contribution in [0.15, 0.2) is 60.9 Å². The minimum absolute atomic E-state index is 0.165. The zero-order chi connectivity index (χ0) is 19.2. The molecule has 2 aromatic carbocycles. The number of halogens is 1. The molecule has 7 nitrogen and oxygen atoms in total. The number of methoxy groups -OCH3 is 1. The Balaban J connectivity index is 1.75. The summed E-state index contributed by atoms with van der Waals surface area (Å²) in [6, 6.07) is 15.1. The zero-order valence-corrected chi connectivity index (χ0v) is 15.0. The quantitative estimate of drug-likeness (QED) is 0.650. The Bertz CT molecular complexity index is 994. The van der Waals surface area contributed by atoms with Gasteiger partial charge in [-0.3, -0.25) is 4.79 Å². The molecule has 0 radical (unpaired) electrons. The van der Waals surface area contributed by atoms with E-state index in [2.05, 4.69) is 25.3 Å². The number of hydrogen-bond acceptors (Lipinski definition) is 6. The van der Waals surface area contributed by atoms with Crippen LogP contribution in [0, 0.1) is 0 Å². The first kappa shape index (κ1) is 18.3. The van der Waals surface area contributed by atoms with Gasteiger partial charge in [-0.15, -0.1) is 0 Å². The zero-order valence-electron chi connectivity index (χ0n) is 14.3. The van der Waals surface area contributed by atoms with Gasteiger partial charge < -0.3 is 15.4 Å². The molecule has 0 saturated carbocycles. The van der Waals surface area contributed by atoms with Crippen molar-refractivity contribution in [1.29, 1.82) is 0 Å². The molecule has 0 saturated heterocycles. The second kappa shape index (κ2) is 8.29. The molecule has 0 spiro atoms. The van der Waals surface area contributed by atoms with Crippen molar-refractivity contribution >= 4 is 40.7 Å². The van der Waals surface area contributed by atoms with Crippen molar-refractivity contribution < 1.29 is 14.3 Å². The van der Waals surface area contributed by atoms with Gasteiger partial charge in [-0.05, 0) is 36.4 Å². The molecule has 3 aromatic rings. The van der Waals surface area contributed by atoms with E-state index in [0.29, 0.717) is 22.1 Å². The molecule has 0 aliphatic heterocycles. The van der Waals surface area contributed by atoms with E-state index >= 15 is 0 Å². The highest BCUT2D eigenvalue weighted by molar-refractivity contribution is 6.30. The van der Waals surface area contributed by atoms with Crippen molar-refractivity contribution in [2.45, 2.75) is 0 Å². The number of carbonyl (C=O) groups excluding carboxylic acids is 2. The molecular weight excluding hydrogens is 368 g/mol. The third-order valence-corrected chi connectivity index (χ3v) is 3.77. The molecular formula is C19H15ClN4O3. The number of carbonyl (C=O) groups is 2. The number of esters is 1. The smallest absolute Gasteiger partial charge is 0.337 e. The third kappa shape index (κ3) is 4.80. The highest BCUT2D eigenvalue weighted by atomic mass is 35.5. The summed E-state index contributed by atoms with van der Waals surface area (Å²) in [7, 11) is 1.29. The fourth-order valence-corrected chi connectivity index (χ4v) is 2.49. The molecule has 0 aliphatic carbocycles. The van der Waals surface area contributed by atoms with Crippen LogP contribution in [0.3, 0.4) is 0 Å². The fourth-order valence-electron chi connectivity index (χ4n) is 2.30. The van der Waals surface area contributed by atoms with Crippen molar-refractivity contribution in [3.8, 4) is 0 Å². The number of benzene rings is 2. The minimum atomic E-state index is -0.485. The molecule has 1 heterocycles. The van der Waals surface area contributed by atoms with Gasteiger partial charge in [-0.1, -0.05) is 23.7 Å². The lowest BCUT2D eigenvalue weighted by molar-refractivity contribution is 0.0600. The molecule has 0 unspecified atom stereocenters. The molecule has 0 aliphatic rings. The van der Waals surface area contributed by atoms with Gasteiger partial charge in [0.25, 0.3) is 5.91 Å². The lowest BCUT2D eigenvalue weighted by atomic mass is 10.2. The molecule has 0 fully saturated rings. The van der Waals surface area contributed by atoms with E-state index in [1.54, 1.807) is 36.4 Å². The summed E-state index contributed by atoms with van der Waals surface area (Å²) >= 11 is 5.96. The summed E-state index contributed by atoms with van der Waals surface area (Å²) in [5.41, 5.74) is 1.68. The summed E-state index contributed by atoms with van der Waals surface area (Å²) in [6.07, 6.45) is 1.28. The Morgan fingerprint density at radius 3 is 2.56 bits per heavy atom. The summed E-state index contributed by atoms with van der Waals surface area (Å²) in [5.74, 6) is -0.476. The van der Waals surface area contributed by atoms with Crippen LogP contribution in [0.1, 0.15) is 20.8 Å². The number of anilines is 3. The third-order valence-electron chi connectivity index (χ3n) is 3.54. The fraction of sp³-hybridized carbons (Fsp3) is 0.0526. The van der Waals surface area contributed by atoms with Crippen LogP contribution in [0.2, 0.25) is 5.02 Å². The Morgan fingerprint density at radius 1 is 1.00 bits per heavy atom. The van der Waals surface area contributed by atoms with Gasteiger partial charge in [0.1, 0.15) is 17.8 Å². The molecule has 2 N–H and O–H groups in total. The van der Waals surface area contributed by atoms with Crippen LogP contribution in [0.5, 0.6) is 0 Å². The summed E-state index contributed by atoms with van der Waals surface area (Å²) in [4.78, 5) is 32.1. The molecule has 1 amide bonds. The highest BCUT2D eigenvalue weighted by Crippen LogP contribution is 2.19. The molecule has 1 aromatic heterocycles. The van der Waals surface area contributed by atoms with E-state index in [1.807, 2.05) is 6.07 Å². The normalized spacial score (nSPS) is 10.1. The van der Waals surface area contributed by atoms with E-state index in [1.165, 1.54) is 25.6 Å². The Hall–Kier alpha value is -3.45. The van der Waals surface area contributed by atoms with E-state index in [0.717, 1.165) is 5.69 Å². The molecule has 0 atom stereocenters. The summed E-state index contributed by atoms with van der Waals surface area (Å²) in [6.45, 7) is 0. The van der Waals surface area contributed by atoms with Gasteiger partial charge in [-0.25, -0.2) is 14.8 Å². The average Bonchev–Trinajstić information content (AvgIpc) is 2.68. The Morgan fingerprint density at radius 2 is 1.78 bits per heavy atom. The highest BCUT2D eigenvalue weighted by Gasteiger charge is 2.11. The molecule has 8 heteroatoms. The second-order valence-corrected chi connectivity index (χ2v) is 5.89. The van der Waals surface area contributed by atoms with Gasteiger partial charge in [0, 0.05) is 22.5 Å². The van der Waals surface area contributed by atoms with Crippen molar-refractivity contribution in [3.63, 3.8) is 0 Å². The lowest BCUT2D eigenvalue weighted by Gasteiger charge is -2.08. The number of nitrogens with one attached hydrogen (secondary N) is 2. The predicted octanol–water partition coefficient (Wildman–Crippen LogP) is 3.91. The minimum Gasteiger partial charge on any atom is -0.465 e. The standard InChI is InChI=1S/C19H15ClN4O3/c1-27-19(26)12-4-2-6-14(8-12)24-18(25)16-10-17(22-11-21-16)23-15-7-3-5-13(20)9-15/h2-11H,1H3,(H,24,25)(H,21,22,23). The summed E-state index contributed by atoms with van der Waals surface area (Å²) in [5, 5.41) is 6.33. The van der Waals surface area contributed by atoms with E-state index in [4.69, 9.17) is 11.6 Å². The average molecular weight is 383 g/mol. The van der Waals surface area contributed by atoms with Crippen LogP contribution in [-0.4, -0.2) is 29.0 Å². The molecule has 136 valence electrons. The van der Waals surface area contributed by atoms with Gasteiger partial charge in [0.05, 0.1) is 12.7 Å². The number of amides is 1. The maximum atomic E-state index is 12.5. The first-order chi connectivity index (χ1) is 13.0. The van der Waals surface area contributed by atoms with Gasteiger partial charge in [0.15, 0.2) is 0 Å². The van der Waals surface area contributed by atoms with Crippen LogP contribution in [-0.2, 0) is 4.74 Å². The number of rotatable bonds is 5. The molecule has 27 heavy (non-hydrogen) atoms. The van der Waals surface area contributed by atoms with Gasteiger partial charge in [0.2, 0.25) is 0 Å². The first-order valence-corrected chi connectivity index (χ1v) is 8.27. The van der Waals surface area contributed by atoms with Crippen LogP contribution < -0.4 is 10.6 Å². The SMILES string of the molecule is COC(=O)c1cccc(NC(=O)c2cc(Nc3cccc(Cl)c3)ncn2)c1. The maximum Gasteiger partial charge on any atom is 0.337 e. The van der Waals surface area contributed by atoms with Crippen LogP contribution in [0.4, 0.5) is 17.2 Å². The largest absolute Gasteiger partial charge is 0.465 e. The Kier molecular flexibility index (Phi) is 5.63. The van der Waals surface area contributed by atoms with E-state index < -0.39 is 11.9 Å². The van der Waals surface area contributed by atoms with Crippen molar-refractivity contribution in [2.24, 2.45) is 0 Å². The molecule has 3 rings (SSSR count). The van der Waals surface area contributed by atoms with E-state index in [9.17, 15) is 9.59 Å². The van der Waals surface area contributed by atoms with Crippen molar-refractivity contribution in [3.05, 3.63) is 77.2 Å². The number of nitrogens with zero attached hydrogens (tertiary/aromatic N) is 2. The van der Waals surface area contributed by atoms with Gasteiger partial charge >= 0.3 is 5.97 Å². The topological polar surface area (TPSA) is 93.2 Å². The van der Waals surface area contributed by atoms with Crippen LogP contribution >= 0.6 is 11.6 Å². The van der Waals surface area contributed by atoms with Crippen molar-refractivity contribution in [2.75, 3.05) is 17.7 Å². The molecule has 0 bridgehead atoms. The Labute approximate surface area is 160 Å². The van der Waals surface area contributed by atoms with E-state index in [-0.39, 0.29) is 5.69 Å². The second-order valence-electron chi connectivity index (χ2n) is 5.45. The van der Waals surface area contributed by atoms with Crippen molar-refractivity contribution in [1.82, 2.24) is 9.97 Å². The number of hydrogen-bond donors (Lipinski definition) is 2. The van der Waals surface area contributed by atoms with Crippen LogP contribution in [0.25, 0.3) is 0 Å². The monoisotopic (exact) mass is 382 g/mol.